The molecular weight excluding hydrogens is 532 g/mol. The van der Waals surface area contributed by atoms with Gasteiger partial charge >= 0.3 is 6.09 Å². The summed E-state index contributed by atoms with van der Waals surface area (Å²) in [7, 11) is 0. The van der Waals surface area contributed by atoms with Crippen molar-refractivity contribution in [2.24, 2.45) is 5.92 Å². The number of pyridine rings is 1. The Morgan fingerprint density at radius 2 is 1.80 bits per heavy atom. The molecule has 5 rings (SSSR count). The minimum Gasteiger partial charge on any atom is -0.444 e. The van der Waals surface area contributed by atoms with Gasteiger partial charge in [-0.3, -0.25) is 0 Å². The van der Waals surface area contributed by atoms with Gasteiger partial charge in [0.1, 0.15) is 16.9 Å². The zero-order valence-corrected chi connectivity index (χ0v) is 27.0. The second kappa shape index (κ2) is 12.1. The molecule has 0 bridgehead atoms. The van der Waals surface area contributed by atoms with Crippen LogP contribution in [0.2, 0.25) is 0 Å². The first-order valence-electron chi connectivity index (χ1n) is 15.7. The molecule has 41 heavy (non-hydrogen) atoms. The second-order valence-corrected chi connectivity index (χ2v) is 15.2. The number of aromatic nitrogens is 3. The molecular formula is C32H50N6O2S. The van der Waals surface area contributed by atoms with E-state index in [9.17, 15) is 4.79 Å². The van der Waals surface area contributed by atoms with Gasteiger partial charge < -0.3 is 24.8 Å². The molecule has 226 valence electrons. The van der Waals surface area contributed by atoms with E-state index in [-0.39, 0.29) is 11.6 Å². The van der Waals surface area contributed by atoms with Gasteiger partial charge in [0, 0.05) is 36.5 Å². The van der Waals surface area contributed by atoms with Crippen molar-refractivity contribution in [2.45, 2.75) is 117 Å². The van der Waals surface area contributed by atoms with Crippen molar-refractivity contribution in [3.05, 3.63) is 16.8 Å². The normalized spacial score (nSPS) is 18.0. The lowest BCUT2D eigenvalue weighted by molar-refractivity contribution is 0.0178. The Morgan fingerprint density at radius 1 is 1.10 bits per heavy atom. The average Bonchev–Trinajstić information content (AvgIpc) is 3.48. The molecule has 2 fully saturated rings. The number of rotatable bonds is 7. The van der Waals surface area contributed by atoms with Gasteiger partial charge in [-0.2, -0.15) is 0 Å². The van der Waals surface area contributed by atoms with Crippen LogP contribution in [0.3, 0.4) is 0 Å². The third kappa shape index (κ3) is 7.16. The molecule has 2 aliphatic rings. The third-order valence-corrected chi connectivity index (χ3v) is 9.44. The van der Waals surface area contributed by atoms with E-state index >= 15 is 0 Å². The number of hydrogen-bond donors (Lipinski definition) is 2. The number of nitrogens with zero attached hydrogens (tertiary/aromatic N) is 4. The second-order valence-electron chi connectivity index (χ2n) is 14.1. The summed E-state index contributed by atoms with van der Waals surface area (Å²) >= 11 is 1.93. The Kier molecular flexibility index (Phi) is 8.86. The number of carbonyl (C=O) groups is 1. The number of hydrogen-bond acceptors (Lipinski definition) is 7. The molecule has 5 heterocycles. The Morgan fingerprint density at radius 3 is 2.44 bits per heavy atom. The van der Waals surface area contributed by atoms with Gasteiger partial charge in [-0.05, 0) is 105 Å². The minimum atomic E-state index is -0.469. The first-order valence-corrected chi connectivity index (χ1v) is 16.5. The summed E-state index contributed by atoms with van der Waals surface area (Å²) in [5.41, 5.74) is 2.74. The molecule has 0 aromatic carbocycles. The topological polar surface area (TPSA) is 84.3 Å². The van der Waals surface area contributed by atoms with Crippen LogP contribution in [0.5, 0.6) is 0 Å². The fourth-order valence-electron chi connectivity index (χ4n) is 6.08. The standard InChI is InChI=1S/C32H50N6O2S/c1-8-9-10-25-35-26-27(38(25)20-21-13-17-37(18-14-21)30(39)40-32(5,6)7)28-23(34-29(26)36-31(2,3)4)19-24(41-28)22-11-15-33-16-12-22/h19,21-22,33H,8-18,20H2,1-7H3,(H,34,36). The maximum Gasteiger partial charge on any atom is 0.410 e. The van der Waals surface area contributed by atoms with E-state index in [1.54, 1.807) is 0 Å². The number of ether oxygens (including phenoxy) is 1. The van der Waals surface area contributed by atoms with Gasteiger partial charge in [0.15, 0.2) is 5.82 Å². The molecule has 3 aromatic heterocycles. The molecule has 9 heteroatoms. The number of nitrogens with one attached hydrogen (secondary N) is 2. The van der Waals surface area contributed by atoms with Crippen molar-refractivity contribution in [3.8, 4) is 0 Å². The third-order valence-electron chi connectivity index (χ3n) is 8.15. The molecule has 8 nitrogen and oxygen atoms in total. The number of aryl methyl sites for hydroxylation is 1. The van der Waals surface area contributed by atoms with Gasteiger partial charge in [-0.25, -0.2) is 14.8 Å². The summed E-state index contributed by atoms with van der Waals surface area (Å²) < 4.78 is 9.45. The Hall–Kier alpha value is -2.39. The highest BCUT2D eigenvalue weighted by molar-refractivity contribution is 7.20. The van der Waals surface area contributed by atoms with Crippen LogP contribution in [0.15, 0.2) is 6.07 Å². The van der Waals surface area contributed by atoms with E-state index in [4.69, 9.17) is 14.7 Å². The zero-order chi connectivity index (χ0) is 29.4. The molecule has 2 saturated heterocycles. The molecule has 0 atom stereocenters. The highest BCUT2D eigenvalue weighted by Crippen LogP contribution is 2.41. The van der Waals surface area contributed by atoms with E-state index in [1.807, 2.05) is 37.0 Å². The summed E-state index contributed by atoms with van der Waals surface area (Å²) in [6.45, 7) is 19.2. The van der Waals surface area contributed by atoms with Crippen LogP contribution in [0.4, 0.5) is 10.6 Å². The highest BCUT2D eigenvalue weighted by atomic mass is 32.1. The predicted molar refractivity (Wildman–Crippen MR) is 170 cm³/mol. The number of unbranched alkanes of at least 4 members (excludes halogenated alkanes) is 1. The van der Waals surface area contributed by atoms with E-state index in [2.05, 4.69) is 49.0 Å². The number of thiophene rings is 1. The summed E-state index contributed by atoms with van der Waals surface area (Å²) in [5, 5.41) is 7.21. The lowest BCUT2D eigenvalue weighted by Gasteiger charge is -2.33. The first kappa shape index (κ1) is 30.1. The monoisotopic (exact) mass is 582 g/mol. The van der Waals surface area contributed by atoms with Crippen LogP contribution in [0, 0.1) is 5.92 Å². The quantitative estimate of drug-likeness (QED) is 0.304. The zero-order valence-electron chi connectivity index (χ0n) is 26.2. The van der Waals surface area contributed by atoms with Gasteiger partial charge in [0.2, 0.25) is 0 Å². The highest BCUT2D eigenvalue weighted by Gasteiger charge is 2.30. The number of imidazole rings is 1. The van der Waals surface area contributed by atoms with Crippen LogP contribution in [0.1, 0.15) is 104 Å². The average molecular weight is 583 g/mol. The summed E-state index contributed by atoms with van der Waals surface area (Å²) in [6, 6.07) is 2.35. The van der Waals surface area contributed by atoms with Crippen LogP contribution >= 0.6 is 11.3 Å². The van der Waals surface area contributed by atoms with Crippen molar-refractivity contribution >= 4 is 44.5 Å². The fourth-order valence-corrected chi connectivity index (χ4v) is 7.40. The summed E-state index contributed by atoms with van der Waals surface area (Å²) in [4.78, 5) is 26.5. The Balaban J connectivity index is 1.52. The maximum atomic E-state index is 12.7. The SMILES string of the molecule is CCCCc1nc2c(NC(C)(C)C)nc3cc(C4CCNCC4)sc3c2n1CC1CCN(C(=O)OC(C)(C)C)CC1. The number of amides is 1. The lowest BCUT2D eigenvalue weighted by Crippen LogP contribution is -2.42. The molecule has 0 unspecified atom stereocenters. The van der Waals surface area contributed by atoms with Crippen LogP contribution < -0.4 is 10.6 Å². The van der Waals surface area contributed by atoms with Crippen molar-refractivity contribution in [1.29, 1.82) is 0 Å². The molecule has 0 saturated carbocycles. The lowest BCUT2D eigenvalue weighted by atomic mass is 9.96. The maximum absolute atomic E-state index is 12.7. The summed E-state index contributed by atoms with van der Waals surface area (Å²) in [6.07, 6.45) is 7.32. The van der Waals surface area contributed by atoms with Crippen LogP contribution in [-0.2, 0) is 17.7 Å². The van der Waals surface area contributed by atoms with Gasteiger partial charge in [-0.15, -0.1) is 11.3 Å². The molecule has 0 spiro atoms. The van der Waals surface area contributed by atoms with Gasteiger partial charge in [-0.1, -0.05) is 13.3 Å². The van der Waals surface area contributed by atoms with Crippen molar-refractivity contribution in [2.75, 3.05) is 31.5 Å². The smallest absolute Gasteiger partial charge is 0.410 e. The number of anilines is 1. The number of likely N-dealkylation sites (tertiary alicyclic amines) is 1. The molecule has 0 aliphatic carbocycles. The molecule has 0 radical (unpaired) electrons. The van der Waals surface area contributed by atoms with Gasteiger partial charge in [0.05, 0.1) is 15.7 Å². The van der Waals surface area contributed by atoms with Gasteiger partial charge in [0.25, 0.3) is 0 Å². The van der Waals surface area contributed by atoms with Crippen LogP contribution in [0.25, 0.3) is 21.3 Å². The Labute approximate surface area is 249 Å². The first-order chi connectivity index (χ1) is 19.4. The van der Waals surface area contributed by atoms with E-state index < -0.39 is 5.60 Å². The fraction of sp³-hybridized carbons (Fsp3) is 0.719. The van der Waals surface area contributed by atoms with Crippen molar-refractivity contribution in [3.63, 3.8) is 0 Å². The van der Waals surface area contributed by atoms with E-state index in [0.717, 1.165) is 81.7 Å². The largest absolute Gasteiger partial charge is 0.444 e. The number of piperidine rings is 2. The molecule has 3 aromatic rings. The number of carbonyl (C=O) groups excluding carboxylic acids is 1. The minimum absolute atomic E-state index is 0.122. The van der Waals surface area contributed by atoms with Crippen molar-refractivity contribution < 1.29 is 9.53 Å². The molecule has 2 N–H and O–H groups in total. The van der Waals surface area contributed by atoms with Crippen LogP contribution in [-0.4, -0.2) is 62.8 Å². The van der Waals surface area contributed by atoms with Crippen molar-refractivity contribution in [1.82, 2.24) is 24.8 Å². The molecule has 2 aliphatic heterocycles. The predicted octanol–water partition coefficient (Wildman–Crippen LogP) is 7.31. The van der Waals surface area contributed by atoms with E-state index in [1.165, 1.54) is 33.8 Å². The summed E-state index contributed by atoms with van der Waals surface area (Å²) in [5.74, 6) is 3.14. The van der Waals surface area contributed by atoms with E-state index in [0.29, 0.717) is 11.8 Å². The number of fused-ring (bicyclic) bond motifs is 3. The Bertz CT molecular complexity index is 1350. The molecule has 1 amide bonds.